The smallest absolute Gasteiger partial charge is 0.0462 e. The first-order valence-corrected chi connectivity index (χ1v) is 18.1. The van der Waals surface area contributed by atoms with Crippen molar-refractivity contribution < 1.29 is 0 Å². The second-order valence-electron chi connectivity index (χ2n) is 14.1. The van der Waals surface area contributed by atoms with Crippen molar-refractivity contribution in [3.8, 4) is 33.4 Å². The standard InChI is InChI=1S/C50H37N/c1-3-12-34(13-4-1)35-22-26-43(27-23-35)51(42-17-5-2-6-18-42)44-28-24-36(25-29-44)48-33-41-32-39-16-11-21-45(40-30-37-14-7-8-15-38(37)31-40)49(39)50(41)47-20-10-9-19-46(47)48/h1-29,33,40H,30-32H2. The van der Waals surface area contributed by atoms with Crippen LogP contribution in [-0.2, 0) is 19.3 Å². The topological polar surface area (TPSA) is 3.24 Å². The fraction of sp³-hybridized carbons (Fsp3) is 0.0800. The zero-order valence-electron chi connectivity index (χ0n) is 28.5. The molecule has 242 valence electrons. The number of anilines is 3. The third-order valence-corrected chi connectivity index (χ3v) is 11.1. The molecule has 8 aromatic carbocycles. The molecule has 0 saturated heterocycles. The van der Waals surface area contributed by atoms with Gasteiger partial charge in [-0.1, -0.05) is 140 Å². The van der Waals surface area contributed by atoms with Crippen molar-refractivity contribution in [3.63, 3.8) is 0 Å². The summed E-state index contributed by atoms with van der Waals surface area (Å²) in [6.45, 7) is 0. The Hall–Kier alpha value is -6.18. The Bertz CT molecular complexity index is 2510. The second-order valence-corrected chi connectivity index (χ2v) is 14.1. The highest BCUT2D eigenvalue weighted by atomic mass is 15.1. The number of nitrogens with zero attached hydrogens (tertiary/aromatic N) is 1. The molecule has 0 aliphatic heterocycles. The van der Waals surface area contributed by atoms with Gasteiger partial charge >= 0.3 is 0 Å². The highest BCUT2D eigenvalue weighted by Gasteiger charge is 2.30. The summed E-state index contributed by atoms with van der Waals surface area (Å²) in [4.78, 5) is 2.35. The van der Waals surface area contributed by atoms with Gasteiger partial charge in [0, 0.05) is 17.1 Å². The van der Waals surface area contributed by atoms with E-state index in [0.717, 1.165) is 36.3 Å². The average Bonchev–Trinajstić information content (AvgIpc) is 3.81. The lowest BCUT2D eigenvalue weighted by Crippen LogP contribution is -2.09. The van der Waals surface area contributed by atoms with E-state index in [1.54, 1.807) is 0 Å². The fourth-order valence-corrected chi connectivity index (χ4v) is 8.75. The van der Waals surface area contributed by atoms with E-state index in [1.807, 2.05) is 0 Å². The Balaban J connectivity index is 1.03. The molecule has 8 aromatic rings. The van der Waals surface area contributed by atoms with E-state index in [0.29, 0.717) is 5.92 Å². The average molecular weight is 652 g/mol. The van der Waals surface area contributed by atoms with Gasteiger partial charge < -0.3 is 4.90 Å². The maximum Gasteiger partial charge on any atom is 0.0462 e. The van der Waals surface area contributed by atoms with E-state index in [9.17, 15) is 0 Å². The Kier molecular flexibility index (Phi) is 7.17. The normalized spacial score (nSPS) is 13.2. The van der Waals surface area contributed by atoms with E-state index in [2.05, 4.69) is 187 Å². The molecule has 0 aromatic heterocycles. The van der Waals surface area contributed by atoms with Crippen LogP contribution in [0, 0.1) is 0 Å². The first-order valence-electron chi connectivity index (χ1n) is 18.1. The minimum atomic E-state index is 0.524. The summed E-state index contributed by atoms with van der Waals surface area (Å²) in [6.07, 6.45) is 3.23. The van der Waals surface area contributed by atoms with Gasteiger partial charge in [-0.05, 0) is 140 Å². The molecule has 0 radical (unpaired) electrons. The zero-order valence-corrected chi connectivity index (χ0v) is 28.5. The lowest BCUT2D eigenvalue weighted by molar-refractivity contribution is 0.743. The predicted octanol–water partition coefficient (Wildman–Crippen LogP) is 13.1. The monoisotopic (exact) mass is 651 g/mol. The molecular formula is C50H37N. The summed E-state index contributed by atoms with van der Waals surface area (Å²) >= 11 is 0. The molecule has 0 fully saturated rings. The molecule has 10 rings (SSSR count). The molecule has 2 aliphatic carbocycles. The van der Waals surface area contributed by atoms with Gasteiger partial charge in [0.2, 0.25) is 0 Å². The highest BCUT2D eigenvalue weighted by molar-refractivity contribution is 6.08. The van der Waals surface area contributed by atoms with Crippen LogP contribution in [0.25, 0.3) is 44.2 Å². The molecule has 0 saturated carbocycles. The van der Waals surface area contributed by atoms with Crippen LogP contribution in [0.2, 0.25) is 0 Å². The molecular weight excluding hydrogens is 615 g/mol. The summed E-state index contributed by atoms with van der Waals surface area (Å²) in [5, 5.41) is 2.68. The van der Waals surface area contributed by atoms with Gasteiger partial charge in [-0.25, -0.2) is 0 Å². The Morgan fingerprint density at radius 3 is 1.59 bits per heavy atom. The van der Waals surface area contributed by atoms with Crippen LogP contribution in [0.1, 0.15) is 33.7 Å². The molecule has 0 amide bonds. The lowest BCUT2D eigenvalue weighted by atomic mass is 9.85. The number of rotatable bonds is 6. The first-order chi connectivity index (χ1) is 25.3. The number of benzene rings is 8. The maximum absolute atomic E-state index is 2.48. The summed E-state index contributed by atoms with van der Waals surface area (Å²) in [6, 6.07) is 66.9. The highest BCUT2D eigenvalue weighted by Crippen LogP contribution is 2.49. The molecule has 0 unspecified atom stereocenters. The first kappa shape index (κ1) is 29.7. The van der Waals surface area contributed by atoms with E-state index in [1.165, 1.54) is 72.0 Å². The van der Waals surface area contributed by atoms with Gasteiger partial charge in [-0.3, -0.25) is 0 Å². The van der Waals surface area contributed by atoms with Gasteiger partial charge in [0.1, 0.15) is 0 Å². The molecule has 1 heteroatoms. The number of hydrogen-bond acceptors (Lipinski definition) is 1. The Labute approximate surface area is 300 Å². The molecule has 51 heavy (non-hydrogen) atoms. The van der Waals surface area contributed by atoms with Crippen LogP contribution in [0.4, 0.5) is 17.1 Å². The van der Waals surface area contributed by atoms with Crippen molar-refractivity contribution in [2.75, 3.05) is 4.90 Å². The quantitative estimate of drug-likeness (QED) is 0.173. The van der Waals surface area contributed by atoms with Gasteiger partial charge in [-0.15, -0.1) is 0 Å². The Morgan fingerprint density at radius 1 is 0.373 bits per heavy atom. The third-order valence-electron chi connectivity index (χ3n) is 11.1. The molecule has 0 bridgehead atoms. The molecule has 0 heterocycles. The molecule has 0 spiro atoms. The van der Waals surface area contributed by atoms with Gasteiger partial charge in [0.15, 0.2) is 0 Å². The summed E-state index contributed by atoms with van der Waals surface area (Å²) in [7, 11) is 0. The van der Waals surface area contributed by atoms with Crippen molar-refractivity contribution in [3.05, 3.63) is 210 Å². The summed E-state index contributed by atoms with van der Waals surface area (Å²) in [5.74, 6) is 0.524. The van der Waals surface area contributed by atoms with Crippen LogP contribution >= 0.6 is 0 Å². The largest absolute Gasteiger partial charge is 0.311 e. The SMILES string of the molecule is c1ccc(-c2ccc(N(c3ccccc3)c3ccc(-c4cc5c(c6ccccc46)-c4c(cccc4C4Cc6ccccc6C4)C5)cc3)cc2)cc1. The number of hydrogen-bond donors (Lipinski definition) is 0. The van der Waals surface area contributed by atoms with Crippen molar-refractivity contribution >= 4 is 27.8 Å². The lowest BCUT2D eigenvalue weighted by Gasteiger charge is -2.26. The van der Waals surface area contributed by atoms with E-state index in [-0.39, 0.29) is 0 Å². The number of fused-ring (bicyclic) bond motifs is 6. The maximum atomic E-state index is 2.48. The minimum Gasteiger partial charge on any atom is -0.311 e. The summed E-state index contributed by atoms with van der Waals surface area (Å²) in [5.41, 5.74) is 18.8. The third kappa shape index (κ3) is 5.16. The minimum absolute atomic E-state index is 0.524. The second kappa shape index (κ2) is 12.3. The van der Waals surface area contributed by atoms with E-state index >= 15 is 0 Å². The van der Waals surface area contributed by atoms with E-state index in [4.69, 9.17) is 0 Å². The van der Waals surface area contributed by atoms with Crippen molar-refractivity contribution in [2.24, 2.45) is 0 Å². The van der Waals surface area contributed by atoms with Crippen LogP contribution in [-0.4, -0.2) is 0 Å². The van der Waals surface area contributed by atoms with Crippen molar-refractivity contribution in [2.45, 2.75) is 25.2 Å². The van der Waals surface area contributed by atoms with Crippen LogP contribution in [0.5, 0.6) is 0 Å². The van der Waals surface area contributed by atoms with Gasteiger partial charge in [0.05, 0.1) is 0 Å². The predicted molar refractivity (Wildman–Crippen MR) is 214 cm³/mol. The van der Waals surface area contributed by atoms with Crippen LogP contribution < -0.4 is 4.90 Å². The van der Waals surface area contributed by atoms with Gasteiger partial charge in [-0.2, -0.15) is 0 Å². The van der Waals surface area contributed by atoms with E-state index < -0.39 is 0 Å². The summed E-state index contributed by atoms with van der Waals surface area (Å²) < 4.78 is 0. The molecule has 2 aliphatic rings. The van der Waals surface area contributed by atoms with Crippen LogP contribution in [0.15, 0.2) is 182 Å². The van der Waals surface area contributed by atoms with Crippen molar-refractivity contribution in [1.82, 2.24) is 0 Å². The molecule has 0 atom stereocenters. The van der Waals surface area contributed by atoms with Crippen LogP contribution in [0.3, 0.4) is 0 Å². The van der Waals surface area contributed by atoms with Crippen molar-refractivity contribution in [1.29, 1.82) is 0 Å². The number of para-hydroxylation sites is 1. The fourth-order valence-electron chi connectivity index (χ4n) is 8.75. The van der Waals surface area contributed by atoms with Gasteiger partial charge in [0.25, 0.3) is 0 Å². The molecule has 0 N–H and O–H groups in total. The molecule has 1 nitrogen and oxygen atoms in total. The zero-order chi connectivity index (χ0) is 33.7. The Morgan fingerprint density at radius 2 is 0.902 bits per heavy atom.